The minimum atomic E-state index is -1.92. The third-order valence-corrected chi connectivity index (χ3v) is 11.3. The number of benzene rings is 2. The number of nitrogens with zero attached hydrogens (tertiary/aromatic N) is 1. The Morgan fingerprint density at radius 2 is 1.50 bits per heavy atom. The van der Waals surface area contributed by atoms with Crippen LogP contribution >= 0.6 is 0 Å². The molecule has 174 valence electrons. The predicted molar refractivity (Wildman–Crippen MR) is 134 cm³/mol. The van der Waals surface area contributed by atoms with Crippen molar-refractivity contribution in [2.24, 2.45) is 0 Å². The van der Waals surface area contributed by atoms with Crippen molar-refractivity contribution in [2.45, 2.75) is 64.1 Å². The molecule has 1 aliphatic heterocycles. The van der Waals surface area contributed by atoms with E-state index in [9.17, 15) is 0 Å². The molecule has 32 heavy (non-hydrogen) atoms. The monoisotopic (exact) mass is 453 g/mol. The zero-order valence-electron chi connectivity index (χ0n) is 20.5. The summed E-state index contributed by atoms with van der Waals surface area (Å²) in [5.41, 5.74) is 2.56. The Hall–Kier alpha value is -1.92. The first-order valence-corrected chi connectivity index (χ1v) is 14.4. The Bertz CT molecular complexity index is 820. The van der Waals surface area contributed by atoms with E-state index in [2.05, 4.69) is 99.4 Å². The van der Waals surface area contributed by atoms with Crippen LogP contribution in [-0.2, 0) is 27.0 Å². The summed E-state index contributed by atoms with van der Waals surface area (Å²) in [5.74, 6) is 0.903. The molecule has 3 rings (SSSR count). The summed E-state index contributed by atoms with van der Waals surface area (Å²) in [4.78, 5) is 2.49. The average Bonchev–Trinajstić information content (AvgIpc) is 3.23. The minimum absolute atomic E-state index is 0.0400. The lowest BCUT2D eigenvalue weighted by Crippen LogP contribution is -2.51. The molecule has 2 atom stereocenters. The van der Waals surface area contributed by atoms with Gasteiger partial charge in [0.05, 0.1) is 26.4 Å². The SMILES string of the molecule is COC1=CCO[C@H]1[C@H](CO[Si](C)(C)C(C)(C)C)N(Cc1ccccc1)Cc1ccccc1. The van der Waals surface area contributed by atoms with Gasteiger partial charge >= 0.3 is 0 Å². The van der Waals surface area contributed by atoms with Crippen LogP contribution in [-0.4, -0.2) is 45.7 Å². The quantitative estimate of drug-likeness (QED) is 0.412. The molecule has 0 bridgehead atoms. The number of hydrogen-bond acceptors (Lipinski definition) is 4. The van der Waals surface area contributed by atoms with Crippen molar-refractivity contribution >= 4 is 8.32 Å². The molecule has 0 saturated heterocycles. The highest BCUT2D eigenvalue weighted by Crippen LogP contribution is 2.37. The van der Waals surface area contributed by atoms with E-state index < -0.39 is 8.32 Å². The van der Waals surface area contributed by atoms with E-state index in [1.54, 1.807) is 7.11 Å². The van der Waals surface area contributed by atoms with Crippen molar-refractivity contribution in [1.29, 1.82) is 0 Å². The van der Waals surface area contributed by atoms with Gasteiger partial charge in [0.25, 0.3) is 0 Å². The molecule has 0 amide bonds. The van der Waals surface area contributed by atoms with Crippen molar-refractivity contribution in [2.75, 3.05) is 20.3 Å². The van der Waals surface area contributed by atoms with Crippen molar-refractivity contribution in [3.8, 4) is 0 Å². The second-order valence-electron chi connectivity index (χ2n) is 10.1. The number of methoxy groups -OCH3 is 1. The molecule has 2 aromatic rings. The maximum atomic E-state index is 6.75. The van der Waals surface area contributed by atoms with Gasteiger partial charge in [-0.25, -0.2) is 0 Å². The van der Waals surface area contributed by atoms with Crippen molar-refractivity contribution in [3.05, 3.63) is 83.6 Å². The number of hydrogen-bond donors (Lipinski definition) is 0. The highest BCUT2D eigenvalue weighted by molar-refractivity contribution is 6.74. The van der Waals surface area contributed by atoms with E-state index in [0.29, 0.717) is 13.2 Å². The normalized spacial score (nSPS) is 18.0. The first kappa shape index (κ1) is 24.7. The molecule has 0 spiro atoms. The van der Waals surface area contributed by atoms with Gasteiger partial charge in [-0.1, -0.05) is 81.4 Å². The molecule has 0 aliphatic carbocycles. The molecule has 0 N–H and O–H groups in total. The van der Waals surface area contributed by atoms with Gasteiger partial charge < -0.3 is 13.9 Å². The second kappa shape index (κ2) is 10.8. The van der Waals surface area contributed by atoms with Gasteiger partial charge in [0.2, 0.25) is 0 Å². The highest BCUT2D eigenvalue weighted by Gasteiger charge is 2.41. The lowest BCUT2D eigenvalue weighted by molar-refractivity contribution is -0.0168. The maximum absolute atomic E-state index is 6.75. The van der Waals surface area contributed by atoms with Crippen molar-refractivity contribution in [1.82, 2.24) is 4.90 Å². The second-order valence-corrected chi connectivity index (χ2v) is 14.9. The lowest BCUT2D eigenvalue weighted by Gasteiger charge is -2.41. The Kier molecular flexibility index (Phi) is 8.34. The fourth-order valence-corrected chi connectivity index (χ4v) is 4.77. The molecule has 0 unspecified atom stereocenters. The molecule has 1 aliphatic rings. The fourth-order valence-electron chi connectivity index (χ4n) is 3.75. The van der Waals surface area contributed by atoms with Crippen LogP contribution in [0.25, 0.3) is 0 Å². The Labute approximate surface area is 195 Å². The van der Waals surface area contributed by atoms with Gasteiger partial charge in [0.15, 0.2) is 8.32 Å². The summed E-state index contributed by atoms with van der Waals surface area (Å²) in [6, 6.07) is 21.3. The average molecular weight is 454 g/mol. The topological polar surface area (TPSA) is 30.9 Å². The summed E-state index contributed by atoms with van der Waals surface area (Å²) in [7, 11) is -0.189. The largest absolute Gasteiger partial charge is 0.499 e. The van der Waals surface area contributed by atoms with E-state index >= 15 is 0 Å². The van der Waals surface area contributed by atoms with Gasteiger partial charge in [0.1, 0.15) is 11.9 Å². The summed E-state index contributed by atoms with van der Waals surface area (Å²) in [6.07, 6.45) is 1.91. The van der Waals surface area contributed by atoms with Gasteiger partial charge in [-0.2, -0.15) is 0 Å². The zero-order chi connectivity index (χ0) is 23.2. The first-order valence-electron chi connectivity index (χ1n) is 11.5. The van der Waals surface area contributed by atoms with E-state index in [1.807, 2.05) is 6.08 Å². The Morgan fingerprint density at radius 1 is 0.969 bits per heavy atom. The predicted octanol–water partition coefficient (Wildman–Crippen LogP) is 6.01. The summed E-state index contributed by atoms with van der Waals surface area (Å²) in [5, 5.41) is 0.150. The molecule has 0 aromatic heterocycles. The molecule has 0 saturated carbocycles. The minimum Gasteiger partial charge on any atom is -0.499 e. The van der Waals surface area contributed by atoms with Crippen LogP contribution in [0, 0.1) is 0 Å². The van der Waals surface area contributed by atoms with Crippen LogP contribution < -0.4 is 0 Å². The van der Waals surface area contributed by atoms with E-state index in [4.69, 9.17) is 13.9 Å². The third-order valence-electron chi connectivity index (χ3n) is 6.77. The van der Waals surface area contributed by atoms with Crippen molar-refractivity contribution < 1.29 is 13.9 Å². The van der Waals surface area contributed by atoms with Gasteiger partial charge in [-0.15, -0.1) is 0 Å². The van der Waals surface area contributed by atoms with Crippen LogP contribution in [0.15, 0.2) is 72.5 Å². The molecule has 1 heterocycles. The summed E-state index contributed by atoms with van der Waals surface area (Å²) in [6.45, 7) is 14.3. The van der Waals surface area contributed by atoms with Crippen LogP contribution in [0.4, 0.5) is 0 Å². The molecular weight excluding hydrogens is 414 g/mol. The number of ether oxygens (including phenoxy) is 2. The third kappa shape index (κ3) is 6.32. The Balaban J connectivity index is 1.92. The van der Waals surface area contributed by atoms with E-state index in [1.165, 1.54) is 11.1 Å². The van der Waals surface area contributed by atoms with Crippen molar-refractivity contribution in [3.63, 3.8) is 0 Å². The maximum Gasteiger partial charge on any atom is 0.192 e. The molecule has 0 fully saturated rings. The fraction of sp³-hybridized carbons (Fsp3) is 0.481. The molecule has 4 nitrogen and oxygen atoms in total. The zero-order valence-corrected chi connectivity index (χ0v) is 21.5. The highest BCUT2D eigenvalue weighted by atomic mass is 28.4. The van der Waals surface area contributed by atoms with Crippen LogP contribution in [0.5, 0.6) is 0 Å². The molecule has 2 aromatic carbocycles. The smallest absolute Gasteiger partial charge is 0.192 e. The molecule has 5 heteroatoms. The Morgan fingerprint density at radius 3 is 1.97 bits per heavy atom. The van der Waals surface area contributed by atoms with E-state index in [0.717, 1.165) is 18.8 Å². The van der Waals surface area contributed by atoms with Crippen LogP contribution in [0.1, 0.15) is 31.9 Å². The number of rotatable bonds is 10. The van der Waals surface area contributed by atoms with Crippen LogP contribution in [0.2, 0.25) is 18.1 Å². The standard InChI is InChI=1S/C27H39NO3Si/c1-27(2,3)32(5,6)31-21-24(26-25(29-4)17-18-30-26)28(19-22-13-9-7-10-14-22)20-23-15-11-8-12-16-23/h7-17,24,26H,18-21H2,1-6H3/t24-,26-/m0/s1. The molecule has 0 radical (unpaired) electrons. The van der Waals surface area contributed by atoms with Gasteiger partial charge in [-0.3, -0.25) is 4.90 Å². The molecular formula is C27H39NO3Si. The summed E-state index contributed by atoms with van der Waals surface area (Å²) < 4.78 is 18.7. The van der Waals surface area contributed by atoms with Gasteiger partial charge in [-0.05, 0) is 35.3 Å². The first-order chi connectivity index (χ1) is 15.2. The van der Waals surface area contributed by atoms with E-state index in [-0.39, 0.29) is 17.2 Å². The van der Waals surface area contributed by atoms with Gasteiger partial charge in [0, 0.05) is 13.1 Å². The summed E-state index contributed by atoms with van der Waals surface area (Å²) >= 11 is 0. The van der Waals surface area contributed by atoms with Crippen LogP contribution in [0.3, 0.4) is 0 Å². The lowest BCUT2D eigenvalue weighted by atomic mass is 10.1.